The fourth-order valence-electron chi connectivity index (χ4n) is 2.24. The average Bonchev–Trinajstić information content (AvgIpc) is 2.76. The van der Waals surface area contributed by atoms with Crippen LogP contribution in [0.2, 0.25) is 5.02 Å². The molecule has 0 aliphatic heterocycles. The van der Waals surface area contributed by atoms with Crippen LogP contribution in [0.4, 0.5) is 0 Å². The summed E-state index contributed by atoms with van der Waals surface area (Å²) in [7, 11) is 0. The van der Waals surface area contributed by atoms with Gasteiger partial charge >= 0.3 is 0 Å². The molecule has 3 nitrogen and oxygen atoms in total. The molecule has 1 heterocycles. The van der Waals surface area contributed by atoms with E-state index in [4.69, 9.17) is 23.8 Å². The van der Waals surface area contributed by atoms with Gasteiger partial charge in [0, 0.05) is 18.0 Å². The number of aromatic nitrogens is 3. The van der Waals surface area contributed by atoms with Crippen molar-refractivity contribution in [1.29, 1.82) is 0 Å². The number of H-pyrrole nitrogens is 1. The number of unbranched alkanes of at least 4 members (excludes halogenated alkanes) is 3. The lowest BCUT2D eigenvalue weighted by Gasteiger charge is -2.07. The molecule has 0 aliphatic rings. The standard InChI is InChI=1S/C15H20ClN3S/c1-2-3-4-5-9-19-14(17-18-15(19)20)11-12-7-6-8-13(16)10-12/h6-8,10H,2-5,9,11H2,1H3,(H,18,20). The lowest BCUT2D eigenvalue weighted by molar-refractivity contribution is 0.564. The van der Waals surface area contributed by atoms with E-state index < -0.39 is 0 Å². The number of rotatable bonds is 7. The van der Waals surface area contributed by atoms with Gasteiger partial charge in [0.15, 0.2) is 4.77 Å². The van der Waals surface area contributed by atoms with Crippen LogP contribution in [-0.2, 0) is 13.0 Å². The van der Waals surface area contributed by atoms with Gasteiger partial charge in [0.1, 0.15) is 5.82 Å². The maximum atomic E-state index is 6.02. The number of hydrogen-bond acceptors (Lipinski definition) is 2. The highest BCUT2D eigenvalue weighted by Gasteiger charge is 2.07. The molecule has 0 saturated heterocycles. The number of aromatic amines is 1. The Bertz CT molecular complexity index is 603. The second-order valence-electron chi connectivity index (χ2n) is 4.96. The largest absolute Gasteiger partial charge is 0.304 e. The van der Waals surface area contributed by atoms with Crippen molar-refractivity contribution in [3.8, 4) is 0 Å². The molecule has 0 unspecified atom stereocenters. The van der Waals surface area contributed by atoms with E-state index in [0.717, 1.165) is 35.8 Å². The molecule has 108 valence electrons. The van der Waals surface area contributed by atoms with Crippen LogP contribution in [0.25, 0.3) is 0 Å². The van der Waals surface area contributed by atoms with E-state index in [-0.39, 0.29) is 0 Å². The van der Waals surface area contributed by atoms with Crippen LogP contribution in [0.15, 0.2) is 24.3 Å². The second-order valence-corrected chi connectivity index (χ2v) is 5.79. The van der Waals surface area contributed by atoms with Crippen molar-refractivity contribution in [2.75, 3.05) is 0 Å². The van der Waals surface area contributed by atoms with Crippen LogP contribution >= 0.6 is 23.8 Å². The van der Waals surface area contributed by atoms with Crippen LogP contribution < -0.4 is 0 Å². The van der Waals surface area contributed by atoms with Gasteiger partial charge in [-0.2, -0.15) is 5.10 Å². The first kappa shape index (κ1) is 15.3. The van der Waals surface area contributed by atoms with Crippen molar-refractivity contribution in [3.63, 3.8) is 0 Å². The Labute approximate surface area is 130 Å². The molecule has 0 bridgehead atoms. The number of benzene rings is 1. The second kappa shape index (κ2) is 7.60. The molecule has 0 amide bonds. The molecule has 0 fully saturated rings. The summed E-state index contributed by atoms with van der Waals surface area (Å²) in [5.74, 6) is 0.980. The number of nitrogens with zero attached hydrogens (tertiary/aromatic N) is 2. The summed E-state index contributed by atoms with van der Waals surface area (Å²) in [6, 6.07) is 7.88. The van der Waals surface area contributed by atoms with Gasteiger partial charge in [-0.1, -0.05) is 49.9 Å². The van der Waals surface area contributed by atoms with Gasteiger partial charge in [0.05, 0.1) is 0 Å². The summed E-state index contributed by atoms with van der Waals surface area (Å²) < 4.78 is 2.81. The highest BCUT2D eigenvalue weighted by atomic mass is 35.5. The summed E-state index contributed by atoms with van der Waals surface area (Å²) >= 11 is 11.3. The molecule has 0 saturated carbocycles. The van der Waals surface area contributed by atoms with E-state index in [0.29, 0.717) is 4.77 Å². The van der Waals surface area contributed by atoms with E-state index in [1.54, 1.807) is 0 Å². The van der Waals surface area contributed by atoms with Gasteiger partial charge in [0.25, 0.3) is 0 Å². The highest BCUT2D eigenvalue weighted by Crippen LogP contribution is 2.14. The summed E-state index contributed by atoms with van der Waals surface area (Å²) in [5.41, 5.74) is 1.15. The van der Waals surface area contributed by atoms with Crippen LogP contribution in [-0.4, -0.2) is 14.8 Å². The lowest BCUT2D eigenvalue weighted by Crippen LogP contribution is -2.05. The van der Waals surface area contributed by atoms with E-state index >= 15 is 0 Å². The fraction of sp³-hybridized carbons (Fsp3) is 0.467. The van der Waals surface area contributed by atoms with Crippen molar-refractivity contribution >= 4 is 23.8 Å². The molecule has 0 aliphatic carbocycles. The molecular weight excluding hydrogens is 290 g/mol. The molecule has 2 aromatic rings. The van der Waals surface area contributed by atoms with Gasteiger partial charge in [-0.25, -0.2) is 0 Å². The van der Waals surface area contributed by atoms with Crippen LogP contribution in [0.3, 0.4) is 0 Å². The number of nitrogens with one attached hydrogen (secondary N) is 1. The minimum atomic E-state index is 0.707. The average molecular weight is 310 g/mol. The summed E-state index contributed by atoms with van der Waals surface area (Å²) in [6.45, 7) is 3.15. The Kier molecular flexibility index (Phi) is 5.80. The van der Waals surface area contributed by atoms with Crippen LogP contribution in [0, 0.1) is 4.77 Å². The minimum Gasteiger partial charge on any atom is -0.304 e. The minimum absolute atomic E-state index is 0.707. The van der Waals surface area contributed by atoms with Gasteiger partial charge in [-0.05, 0) is 36.3 Å². The van der Waals surface area contributed by atoms with Gasteiger partial charge in [-0.15, -0.1) is 0 Å². The Morgan fingerprint density at radius 1 is 1.30 bits per heavy atom. The number of hydrogen-bond donors (Lipinski definition) is 1. The SMILES string of the molecule is CCCCCCn1c(Cc2cccc(Cl)c2)n[nH]c1=S. The summed E-state index contributed by atoms with van der Waals surface area (Å²) in [4.78, 5) is 0. The van der Waals surface area contributed by atoms with E-state index in [1.807, 2.05) is 18.2 Å². The third-order valence-corrected chi connectivity index (χ3v) is 3.87. The molecule has 5 heteroatoms. The first-order valence-electron chi connectivity index (χ1n) is 7.09. The third kappa shape index (κ3) is 4.18. The fourth-order valence-corrected chi connectivity index (χ4v) is 2.70. The van der Waals surface area contributed by atoms with Gasteiger partial charge < -0.3 is 4.57 Å². The first-order chi connectivity index (χ1) is 9.70. The summed E-state index contributed by atoms with van der Waals surface area (Å²) in [6.07, 6.45) is 5.65. The maximum absolute atomic E-state index is 6.02. The van der Waals surface area contributed by atoms with Crippen molar-refractivity contribution in [3.05, 3.63) is 45.4 Å². The molecule has 2 rings (SSSR count). The smallest absolute Gasteiger partial charge is 0.195 e. The Hall–Kier alpha value is -1.13. The van der Waals surface area contributed by atoms with Crippen molar-refractivity contribution in [2.24, 2.45) is 0 Å². The zero-order valence-electron chi connectivity index (χ0n) is 11.7. The quantitative estimate of drug-likeness (QED) is 0.590. The lowest BCUT2D eigenvalue weighted by atomic mass is 10.1. The van der Waals surface area contributed by atoms with E-state index in [1.165, 1.54) is 19.3 Å². The molecule has 0 radical (unpaired) electrons. The first-order valence-corrected chi connectivity index (χ1v) is 7.88. The Morgan fingerprint density at radius 3 is 2.90 bits per heavy atom. The Balaban J connectivity index is 2.06. The highest BCUT2D eigenvalue weighted by molar-refractivity contribution is 7.71. The van der Waals surface area contributed by atoms with Gasteiger partial charge in [0.2, 0.25) is 0 Å². The molecule has 0 atom stereocenters. The predicted molar refractivity (Wildman–Crippen MR) is 85.8 cm³/mol. The Morgan fingerprint density at radius 2 is 2.15 bits per heavy atom. The molecular formula is C15H20ClN3S. The monoisotopic (exact) mass is 309 g/mol. The zero-order valence-corrected chi connectivity index (χ0v) is 13.3. The molecule has 1 N–H and O–H groups in total. The topological polar surface area (TPSA) is 33.6 Å². The number of halogens is 1. The van der Waals surface area contributed by atoms with Crippen molar-refractivity contribution in [1.82, 2.24) is 14.8 Å². The van der Waals surface area contributed by atoms with E-state index in [2.05, 4.69) is 27.8 Å². The predicted octanol–water partition coefficient (Wildman–Crippen LogP) is 4.77. The molecule has 1 aromatic heterocycles. The molecule has 1 aromatic carbocycles. The maximum Gasteiger partial charge on any atom is 0.195 e. The summed E-state index contributed by atoms with van der Waals surface area (Å²) in [5, 5.41) is 7.99. The van der Waals surface area contributed by atoms with Crippen molar-refractivity contribution < 1.29 is 0 Å². The van der Waals surface area contributed by atoms with Crippen LogP contribution in [0.5, 0.6) is 0 Å². The normalized spacial score (nSPS) is 10.9. The van der Waals surface area contributed by atoms with Gasteiger partial charge in [-0.3, -0.25) is 5.10 Å². The van der Waals surface area contributed by atoms with Crippen LogP contribution in [0.1, 0.15) is 44.0 Å². The van der Waals surface area contributed by atoms with E-state index in [9.17, 15) is 0 Å². The third-order valence-electron chi connectivity index (χ3n) is 3.32. The van der Waals surface area contributed by atoms with Crippen molar-refractivity contribution in [2.45, 2.75) is 45.6 Å². The molecule has 0 spiro atoms. The molecule has 20 heavy (non-hydrogen) atoms. The zero-order chi connectivity index (χ0) is 14.4.